The average molecular weight is 388 g/mol. The fourth-order valence-electron chi connectivity index (χ4n) is 3.39. The highest BCUT2D eigenvalue weighted by molar-refractivity contribution is 7.20. The second-order valence-corrected chi connectivity index (χ2v) is 7.55. The molecule has 1 aliphatic heterocycles. The van der Waals surface area contributed by atoms with Crippen LogP contribution in [0.25, 0.3) is 10.2 Å². The number of hydrogen-bond donors (Lipinski definition) is 0. The summed E-state index contributed by atoms with van der Waals surface area (Å²) < 4.78 is 5.18. The Morgan fingerprint density at radius 1 is 1.31 bits per heavy atom. The summed E-state index contributed by atoms with van der Waals surface area (Å²) in [6.45, 7) is 5.68. The third kappa shape index (κ3) is 2.93. The SMILES string of the molecule is CCOC(=O)c1sc2nc(Cl)nc(N3CCc4ccccc4C3)c2c1C. The van der Waals surface area contributed by atoms with Gasteiger partial charge in [-0.05, 0) is 48.6 Å². The van der Waals surface area contributed by atoms with Gasteiger partial charge in [0.15, 0.2) is 0 Å². The average Bonchev–Trinajstić information content (AvgIpc) is 2.97. The summed E-state index contributed by atoms with van der Waals surface area (Å²) in [6, 6.07) is 8.44. The van der Waals surface area contributed by atoms with Crippen molar-refractivity contribution in [3.63, 3.8) is 0 Å². The molecule has 2 aromatic heterocycles. The molecule has 7 heteroatoms. The van der Waals surface area contributed by atoms with Crippen molar-refractivity contribution in [2.75, 3.05) is 18.1 Å². The van der Waals surface area contributed by atoms with Crippen LogP contribution < -0.4 is 4.90 Å². The number of nitrogens with zero attached hydrogens (tertiary/aromatic N) is 3. The van der Waals surface area contributed by atoms with Gasteiger partial charge in [-0.1, -0.05) is 24.3 Å². The van der Waals surface area contributed by atoms with E-state index in [2.05, 4.69) is 39.1 Å². The van der Waals surface area contributed by atoms with Crippen molar-refractivity contribution in [3.8, 4) is 0 Å². The fourth-order valence-corrected chi connectivity index (χ4v) is 4.67. The van der Waals surface area contributed by atoms with Crippen molar-refractivity contribution in [1.29, 1.82) is 0 Å². The Labute approximate surface area is 160 Å². The Hall–Kier alpha value is -2.18. The molecule has 26 heavy (non-hydrogen) atoms. The second-order valence-electron chi connectivity index (χ2n) is 6.21. The van der Waals surface area contributed by atoms with Crippen LogP contribution in [0.5, 0.6) is 0 Å². The molecule has 134 valence electrons. The first-order valence-corrected chi connectivity index (χ1v) is 9.73. The number of hydrogen-bond acceptors (Lipinski definition) is 6. The van der Waals surface area contributed by atoms with E-state index in [1.807, 2.05) is 6.92 Å². The van der Waals surface area contributed by atoms with E-state index < -0.39 is 0 Å². The van der Waals surface area contributed by atoms with Crippen molar-refractivity contribution in [2.45, 2.75) is 26.8 Å². The Morgan fingerprint density at radius 3 is 2.85 bits per heavy atom. The smallest absolute Gasteiger partial charge is 0.348 e. The molecule has 0 unspecified atom stereocenters. The van der Waals surface area contributed by atoms with Crippen LogP contribution in [-0.4, -0.2) is 29.1 Å². The summed E-state index contributed by atoms with van der Waals surface area (Å²) in [4.78, 5) is 24.6. The van der Waals surface area contributed by atoms with Crippen LogP contribution in [0.15, 0.2) is 24.3 Å². The number of carbonyl (C=O) groups is 1. The molecule has 0 amide bonds. The monoisotopic (exact) mass is 387 g/mol. The molecule has 0 saturated heterocycles. The lowest BCUT2D eigenvalue weighted by Crippen LogP contribution is -2.31. The van der Waals surface area contributed by atoms with Gasteiger partial charge in [0.25, 0.3) is 0 Å². The fraction of sp³-hybridized carbons (Fsp3) is 0.316. The maximum Gasteiger partial charge on any atom is 0.348 e. The lowest BCUT2D eigenvalue weighted by atomic mass is 9.99. The molecule has 4 rings (SSSR count). The Morgan fingerprint density at radius 2 is 2.08 bits per heavy atom. The van der Waals surface area contributed by atoms with E-state index >= 15 is 0 Å². The number of benzene rings is 1. The van der Waals surface area contributed by atoms with E-state index in [0.717, 1.165) is 41.1 Å². The standard InChI is InChI=1S/C19H18ClN3O2S/c1-3-25-18(24)15-11(2)14-16(21-19(20)22-17(14)26-15)23-9-8-12-6-4-5-7-13(12)10-23/h4-7H,3,8-10H2,1-2H3. The van der Waals surface area contributed by atoms with Gasteiger partial charge in [-0.3, -0.25) is 0 Å². The van der Waals surface area contributed by atoms with Crippen molar-refractivity contribution < 1.29 is 9.53 Å². The Bertz CT molecular complexity index is 1000. The lowest BCUT2D eigenvalue weighted by Gasteiger charge is -2.30. The molecule has 0 N–H and O–H groups in total. The molecule has 1 aromatic carbocycles. The van der Waals surface area contributed by atoms with Gasteiger partial charge in [0.1, 0.15) is 15.5 Å². The number of thiophene rings is 1. The number of anilines is 1. The zero-order chi connectivity index (χ0) is 18.3. The van der Waals surface area contributed by atoms with E-state index in [1.54, 1.807) is 6.92 Å². The lowest BCUT2D eigenvalue weighted by molar-refractivity contribution is 0.0531. The highest BCUT2D eigenvalue weighted by Crippen LogP contribution is 2.38. The summed E-state index contributed by atoms with van der Waals surface area (Å²) >= 11 is 7.50. The van der Waals surface area contributed by atoms with Gasteiger partial charge >= 0.3 is 5.97 Å². The van der Waals surface area contributed by atoms with Crippen molar-refractivity contribution >= 4 is 44.9 Å². The van der Waals surface area contributed by atoms with Crippen LogP contribution in [0.4, 0.5) is 5.82 Å². The normalized spacial score (nSPS) is 13.7. The van der Waals surface area contributed by atoms with E-state index in [0.29, 0.717) is 11.5 Å². The van der Waals surface area contributed by atoms with Gasteiger partial charge in [-0.15, -0.1) is 11.3 Å². The quantitative estimate of drug-likeness (QED) is 0.492. The van der Waals surface area contributed by atoms with Gasteiger partial charge in [0.2, 0.25) is 5.28 Å². The molecule has 1 aliphatic rings. The molecule has 3 aromatic rings. The predicted octanol–water partition coefficient (Wildman–Crippen LogP) is 4.39. The van der Waals surface area contributed by atoms with Crippen molar-refractivity contribution in [1.82, 2.24) is 9.97 Å². The van der Waals surface area contributed by atoms with Crippen molar-refractivity contribution in [3.05, 3.63) is 51.1 Å². The number of halogens is 1. The largest absolute Gasteiger partial charge is 0.462 e. The number of ether oxygens (including phenoxy) is 1. The topological polar surface area (TPSA) is 55.3 Å². The van der Waals surface area contributed by atoms with Crippen LogP contribution in [0.1, 0.15) is 33.3 Å². The molecule has 0 saturated carbocycles. The van der Waals surface area contributed by atoms with Crippen LogP contribution in [0, 0.1) is 6.92 Å². The predicted molar refractivity (Wildman–Crippen MR) is 104 cm³/mol. The first kappa shape index (κ1) is 17.2. The number of esters is 1. The zero-order valence-corrected chi connectivity index (χ0v) is 16.2. The van der Waals surface area contributed by atoms with Gasteiger partial charge in [-0.25, -0.2) is 9.78 Å². The molecule has 0 fully saturated rings. The number of fused-ring (bicyclic) bond motifs is 2. The summed E-state index contributed by atoms with van der Waals surface area (Å²) in [6.07, 6.45) is 0.952. The van der Waals surface area contributed by atoms with Crippen LogP contribution in [0.2, 0.25) is 5.28 Å². The minimum absolute atomic E-state index is 0.197. The van der Waals surface area contributed by atoms with Crippen LogP contribution in [0.3, 0.4) is 0 Å². The second kappa shape index (κ2) is 6.85. The minimum atomic E-state index is -0.320. The third-order valence-electron chi connectivity index (χ3n) is 4.63. The third-order valence-corrected chi connectivity index (χ3v) is 5.97. The van der Waals surface area contributed by atoms with Gasteiger partial charge in [0, 0.05) is 13.1 Å². The molecular formula is C19H18ClN3O2S. The Balaban J connectivity index is 1.81. The van der Waals surface area contributed by atoms with Crippen LogP contribution >= 0.6 is 22.9 Å². The molecule has 0 radical (unpaired) electrons. The molecule has 0 atom stereocenters. The van der Waals surface area contributed by atoms with Gasteiger partial charge < -0.3 is 9.64 Å². The van der Waals surface area contributed by atoms with E-state index in [1.165, 1.54) is 22.5 Å². The summed E-state index contributed by atoms with van der Waals surface area (Å²) in [5.41, 5.74) is 3.52. The maximum absolute atomic E-state index is 12.3. The van der Waals surface area contributed by atoms with Gasteiger partial charge in [-0.2, -0.15) is 4.98 Å². The summed E-state index contributed by atoms with van der Waals surface area (Å²) in [5, 5.41) is 1.09. The zero-order valence-electron chi connectivity index (χ0n) is 14.6. The highest BCUT2D eigenvalue weighted by Gasteiger charge is 2.25. The molecule has 3 heterocycles. The summed E-state index contributed by atoms with van der Waals surface area (Å²) in [5.74, 6) is 0.470. The maximum atomic E-state index is 12.3. The van der Waals surface area contributed by atoms with E-state index in [9.17, 15) is 4.79 Å². The Kier molecular flexibility index (Phi) is 4.54. The molecule has 5 nitrogen and oxygen atoms in total. The van der Waals surface area contributed by atoms with Crippen molar-refractivity contribution in [2.24, 2.45) is 0 Å². The number of carbonyl (C=O) groups excluding carboxylic acids is 1. The number of aromatic nitrogens is 2. The molecule has 0 aliphatic carbocycles. The number of aryl methyl sites for hydroxylation is 1. The minimum Gasteiger partial charge on any atom is -0.462 e. The van der Waals surface area contributed by atoms with E-state index in [4.69, 9.17) is 16.3 Å². The summed E-state index contributed by atoms with van der Waals surface area (Å²) in [7, 11) is 0. The molecule has 0 bridgehead atoms. The highest BCUT2D eigenvalue weighted by atomic mass is 35.5. The first-order chi connectivity index (χ1) is 12.6. The van der Waals surface area contributed by atoms with E-state index in [-0.39, 0.29) is 11.3 Å². The molecular weight excluding hydrogens is 370 g/mol. The first-order valence-electron chi connectivity index (χ1n) is 8.54. The number of rotatable bonds is 3. The van der Waals surface area contributed by atoms with Crippen LogP contribution in [-0.2, 0) is 17.7 Å². The molecule has 0 spiro atoms. The van der Waals surface area contributed by atoms with Gasteiger partial charge in [0.05, 0.1) is 12.0 Å².